The number of aliphatic hydroxyl groups is 1. The second-order valence-corrected chi connectivity index (χ2v) is 3.57. The zero-order valence-electron chi connectivity index (χ0n) is 10.00. The highest BCUT2D eigenvalue weighted by Gasteiger charge is 1.97. The number of hydrogen-bond donors (Lipinski definition) is 1. The molecule has 3 heteroatoms. The number of methoxy groups -OCH3 is 1. The summed E-state index contributed by atoms with van der Waals surface area (Å²) >= 11 is 0. The molecule has 0 aromatic heterocycles. The number of ether oxygens (including phenoxy) is 2. The molecule has 0 saturated carbocycles. The van der Waals surface area contributed by atoms with Crippen molar-refractivity contribution in [2.75, 3.05) is 27.1 Å². The fourth-order valence-corrected chi connectivity index (χ4v) is 1.35. The molecule has 0 fully saturated rings. The molecule has 0 amide bonds. The minimum Gasteiger partial charge on any atom is -0.396 e. The first-order valence-electron chi connectivity index (χ1n) is 5.70. The average Bonchev–Trinajstić information content (AvgIpc) is 2.27. The van der Waals surface area contributed by atoms with E-state index in [0.717, 1.165) is 19.3 Å². The largest absolute Gasteiger partial charge is 0.396 e. The van der Waals surface area contributed by atoms with Gasteiger partial charge in [-0.25, -0.2) is 0 Å². The maximum absolute atomic E-state index is 8.77. The standard InChI is InChI=1S/C12H24O3/c1-3-4-6-12(7-5-9-13)8-10-15-11-14-2/h8,13H,3-7,9-11H2,1-2H3/b12-8+. The molecule has 0 aromatic rings. The Morgan fingerprint density at radius 3 is 2.60 bits per heavy atom. The van der Waals surface area contributed by atoms with Gasteiger partial charge in [-0.05, 0) is 25.7 Å². The predicted molar refractivity (Wildman–Crippen MR) is 61.8 cm³/mol. The number of aliphatic hydroxyl groups excluding tert-OH is 1. The van der Waals surface area contributed by atoms with Crippen LogP contribution in [0.2, 0.25) is 0 Å². The van der Waals surface area contributed by atoms with E-state index in [9.17, 15) is 0 Å². The third kappa shape index (κ3) is 9.91. The highest BCUT2D eigenvalue weighted by Crippen LogP contribution is 2.13. The minimum atomic E-state index is 0.266. The zero-order valence-corrected chi connectivity index (χ0v) is 10.00. The van der Waals surface area contributed by atoms with Crippen molar-refractivity contribution < 1.29 is 14.6 Å². The lowest BCUT2D eigenvalue weighted by Gasteiger charge is -2.06. The molecule has 90 valence electrons. The van der Waals surface area contributed by atoms with Crippen molar-refractivity contribution >= 4 is 0 Å². The van der Waals surface area contributed by atoms with Gasteiger partial charge in [0.15, 0.2) is 0 Å². The molecule has 0 bridgehead atoms. The van der Waals surface area contributed by atoms with Gasteiger partial charge in [0, 0.05) is 13.7 Å². The van der Waals surface area contributed by atoms with Crippen LogP contribution in [0.4, 0.5) is 0 Å². The lowest BCUT2D eigenvalue weighted by atomic mass is 10.0. The molecule has 0 aromatic carbocycles. The van der Waals surface area contributed by atoms with Crippen LogP contribution in [0.1, 0.15) is 39.0 Å². The molecular formula is C12H24O3. The first-order chi connectivity index (χ1) is 7.35. The Labute approximate surface area is 93.1 Å². The van der Waals surface area contributed by atoms with E-state index in [1.165, 1.54) is 18.4 Å². The summed E-state index contributed by atoms with van der Waals surface area (Å²) in [5, 5.41) is 8.77. The molecule has 1 N–H and O–H groups in total. The maximum atomic E-state index is 8.77. The van der Waals surface area contributed by atoms with Crippen LogP contribution in [-0.2, 0) is 9.47 Å². The number of rotatable bonds is 10. The summed E-state index contributed by atoms with van der Waals surface area (Å²) in [6.45, 7) is 3.41. The van der Waals surface area contributed by atoms with Crippen molar-refractivity contribution in [3.8, 4) is 0 Å². The SMILES string of the molecule is CCCC/C(=C\COCOC)CCCO. The monoisotopic (exact) mass is 216 g/mol. The van der Waals surface area contributed by atoms with Crippen LogP contribution in [0.3, 0.4) is 0 Å². The predicted octanol–water partition coefficient (Wildman–Crippen LogP) is 2.50. The summed E-state index contributed by atoms with van der Waals surface area (Å²) in [6.07, 6.45) is 7.47. The van der Waals surface area contributed by atoms with E-state index in [1.54, 1.807) is 7.11 Å². The third-order valence-electron chi connectivity index (χ3n) is 2.20. The summed E-state index contributed by atoms with van der Waals surface area (Å²) in [4.78, 5) is 0. The highest BCUT2D eigenvalue weighted by atomic mass is 16.7. The summed E-state index contributed by atoms with van der Waals surface area (Å²) < 4.78 is 10.0. The van der Waals surface area contributed by atoms with Crippen molar-refractivity contribution in [2.45, 2.75) is 39.0 Å². The molecule has 0 aliphatic rings. The third-order valence-corrected chi connectivity index (χ3v) is 2.20. The van der Waals surface area contributed by atoms with Crippen molar-refractivity contribution in [3.05, 3.63) is 11.6 Å². The molecule has 0 spiro atoms. The molecule has 0 rings (SSSR count). The van der Waals surface area contributed by atoms with E-state index < -0.39 is 0 Å². The average molecular weight is 216 g/mol. The smallest absolute Gasteiger partial charge is 0.146 e. The Morgan fingerprint density at radius 2 is 2.00 bits per heavy atom. The van der Waals surface area contributed by atoms with Gasteiger partial charge in [-0.15, -0.1) is 0 Å². The second kappa shape index (κ2) is 11.7. The number of unbranched alkanes of at least 4 members (excludes halogenated alkanes) is 1. The van der Waals surface area contributed by atoms with E-state index in [1.807, 2.05) is 0 Å². The maximum Gasteiger partial charge on any atom is 0.146 e. The molecule has 0 unspecified atom stereocenters. The van der Waals surface area contributed by atoms with Gasteiger partial charge < -0.3 is 14.6 Å². The Bertz CT molecular complexity index is 145. The van der Waals surface area contributed by atoms with E-state index >= 15 is 0 Å². The summed E-state index contributed by atoms with van der Waals surface area (Å²) in [7, 11) is 1.62. The van der Waals surface area contributed by atoms with Gasteiger partial charge in [0.05, 0.1) is 6.61 Å². The first kappa shape index (κ1) is 14.6. The Hall–Kier alpha value is -0.380. The molecule has 0 saturated heterocycles. The van der Waals surface area contributed by atoms with Gasteiger partial charge in [-0.3, -0.25) is 0 Å². The lowest BCUT2D eigenvalue weighted by Crippen LogP contribution is -1.98. The molecule has 0 radical (unpaired) electrons. The van der Waals surface area contributed by atoms with Gasteiger partial charge in [0.2, 0.25) is 0 Å². The van der Waals surface area contributed by atoms with Crippen LogP contribution in [0, 0.1) is 0 Å². The Morgan fingerprint density at radius 1 is 1.27 bits per heavy atom. The van der Waals surface area contributed by atoms with Gasteiger partial charge in [0.25, 0.3) is 0 Å². The van der Waals surface area contributed by atoms with Gasteiger partial charge in [0.1, 0.15) is 6.79 Å². The topological polar surface area (TPSA) is 38.7 Å². The lowest BCUT2D eigenvalue weighted by molar-refractivity contribution is -0.0188. The Kier molecular flexibility index (Phi) is 11.4. The van der Waals surface area contributed by atoms with E-state index in [0.29, 0.717) is 13.4 Å². The minimum absolute atomic E-state index is 0.266. The normalized spacial score (nSPS) is 12.1. The van der Waals surface area contributed by atoms with Gasteiger partial charge in [-0.2, -0.15) is 0 Å². The molecule has 3 nitrogen and oxygen atoms in total. The molecule has 0 aliphatic heterocycles. The fraction of sp³-hybridized carbons (Fsp3) is 0.833. The van der Waals surface area contributed by atoms with Crippen molar-refractivity contribution in [2.24, 2.45) is 0 Å². The van der Waals surface area contributed by atoms with Crippen LogP contribution in [0.25, 0.3) is 0 Å². The molecule has 0 heterocycles. The van der Waals surface area contributed by atoms with Gasteiger partial charge in [-0.1, -0.05) is 25.0 Å². The van der Waals surface area contributed by atoms with Crippen LogP contribution in [-0.4, -0.2) is 32.2 Å². The van der Waals surface area contributed by atoms with Crippen LogP contribution < -0.4 is 0 Å². The second-order valence-electron chi connectivity index (χ2n) is 3.57. The van der Waals surface area contributed by atoms with Crippen LogP contribution in [0.15, 0.2) is 11.6 Å². The summed E-state index contributed by atoms with van der Waals surface area (Å²) in [5.41, 5.74) is 1.39. The molecular weight excluding hydrogens is 192 g/mol. The van der Waals surface area contributed by atoms with Crippen molar-refractivity contribution in [1.29, 1.82) is 0 Å². The van der Waals surface area contributed by atoms with E-state index in [2.05, 4.69) is 13.0 Å². The van der Waals surface area contributed by atoms with Gasteiger partial charge >= 0.3 is 0 Å². The number of hydrogen-bond acceptors (Lipinski definition) is 3. The van der Waals surface area contributed by atoms with Crippen molar-refractivity contribution in [3.63, 3.8) is 0 Å². The van der Waals surface area contributed by atoms with Crippen LogP contribution >= 0.6 is 0 Å². The number of allylic oxidation sites excluding steroid dienone is 1. The highest BCUT2D eigenvalue weighted by molar-refractivity contribution is 5.02. The molecule has 0 aliphatic carbocycles. The molecule has 0 atom stereocenters. The summed E-state index contributed by atoms with van der Waals surface area (Å²) in [6, 6.07) is 0. The zero-order chi connectivity index (χ0) is 11.4. The van der Waals surface area contributed by atoms with E-state index in [-0.39, 0.29) is 6.61 Å². The van der Waals surface area contributed by atoms with E-state index in [4.69, 9.17) is 14.6 Å². The molecule has 15 heavy (non-hydrogen) atoms. The first-order valence-corrected chi connectivity index (χ1v) is 5.70. The Balaban J connectivity index is 3.74. The summed E-state index contributed by atoms with van der Waals surface area (Å²) in [5.74, 6) is 0. The van der Waals surface area contributed by atoms with Crippen LogP contribution in [0.5, 0.6) is 0 Å². The quantitative estimate of drug-likeness (QED) is 0.346. The fourth-order valence-electron chi connectivity index (χ4n) is 1.35. The van der Waals surface area contributed by atoms with Crippen molar-refractivity contribution in [1.82, 2.24) is 0 Å².